The average Bonchev–Trinajstić information content (AvgIpc) is 2.90. The van der Waals surface area contributed by atoms with E-state index in [0.717, 1.165) is 32.6 Å². The summed E-state index contributed by atoms with van der Waals surface area (Å²) in [7, 11) is 0. The summed E-state index contributed by atoms with van der Waals surface area (Å²) < 4.78 is 0. The van der Waals surface area contributed by atoms with Crippen LogP contribution >= 0.6 is 0 Å². The van der Waals surface area contributed by atoms with E-state index in [1.165, 1.54) is 51.4 Å². The van der Waals surface area contributed by atoms with Gasteiger partial charge in [-0.15, -0.1) is 0 Å². The number of carbonyl (C=O) groups is 1. The molecule has 1 heterocycles. The summed E-state index contributed by atoms with van der Waals surface area (Å²) >= 11 is 0. The molecular weight excluding hydrogens is 224 g/mol. The fraction of sp³-hybridized carbons (Fsp3) is 0.933. The van der Waals surface area contributed by atoms with Crippen molar-refractivity contribution in [2.45, 2.75) is 71.1 Å². The van der Waals surface area contributed by atoms with E-state index in [1.807, 2.05) is 4.90 Å². The van der Waals surface area contributed by atoms with Crippen LogP contribution in [0.15, 0.2) is 0 Å². The standard InChI is InChI=1S/C15H30N2O/c1-2-3-4-5-6-7-8-9-10-11-15(18)17-13-12-16-14-17/h16H,2-14H2,1H3. The van der Waals surface area contributed by atoms with Gasteiger partial charge in [-0.3, -0.25) is 10.1 Å². The summed E-state index contributed by atoms with van der Waals surface area (Å²) in [5, 5.41) is 3.19. The molecule has 0 aromatic rings. The van der Waals surface area contributed by atoms with E-state index < -0.39 is 0 Å². The molecule has 0 aromatic heterocycles. The van der Waals surface area contributed by atoms with Crippen LogP contribution in [0.5, 0.6) is 0 Å². The van der Waals surface area contributed by atoms with E-state index in [-0.39, 0.29) is 0 Å². The molecule has 106 valence electrons. The first-order valence-corrected chi connectivity index (χ1v) is 7.83. The summed E-state index contributed by atoms with van der Waals surface area (Å²) in [5.74, 6) is 0.336. The molecule has 3 nitrogen and oxygen atoms in total. The van der Waals surface area contributed by atoms with Crippen LogP contribution in [0.4, 0.5) is 0 Å². The van der Waals surface area contributed by atoms with E-state index in [2.05, 4.69) is 12.2 Å². The molecule has 0 bridgehead atoms. The van der Waals surface area contributed by atoms with Crippen LogP contribution in [0.1, 0.15) is 71.1 Å². The van der Waals surface area contributed by atoms with Crippen LogP contribution in [0.3, 0.4) is 0 Å². The van der Waals surface area contributed by atoms with E-state index in [4.69, 9.17) is 0 Å². The lowest BCUT2D eigenvalue weighted by atomic mass is 10.1. The fourth-order valence-electron chi connectivity index (χ4n) is 2.46. The van der Waals surface area contributed by atoms with E-state index in [9.17, 15) is 4.79 Å². The molecule has 1 amide bonds. The Morgan fingerprint density at radius 1 is 1.00 bits per heavy atom. The zero-order chi connectivity index (χ0) is 13.1. The zero-order valence-corrected chi connectivity index (χ0v) is 12.0. The minimum atomic E-state index is 0.336. The van der Waals surface area contributed by atoms with Gasteiger partial charge in [-0.05, 0) is 6.42 Å². The SMILES string of the molecule is CCCCCCCCCCCC(=O)N1CCNC1. The monoisotopic (exact) mass is 254 g/mol. The van der Waals surface area contributed by atoms with Crippen LogP contribution in [0, 0.1) is 0 Å². The number of hydrogen-bond donors (Lipinski definition) is 1. The third-order valence-electron chi connectivity index (χ3n) is 3.71. The quantitative estimate of drug-likeness (QED) is 0.607. The van der Waals surface area contributed by atoms with Crippen LogP contribution in [0.2, 0.25) is 0 Å². The first kappa shape index (κ1) is 15.5. The first-order chi connectivity index (χ1) is 8.84. The second-order valence-corrected chi connectivity index (χ2v) is 5.39. The van der Waals surface area contributed by atoms with Gasteiger partial charge in [-0.2, -0.15) is 0 Å². The summed E-state index contributed by atoms with van der Waals surface area (Å²) in [6.07, 6.45) is 12.6. The summed E-state index contributed by atoms with van der Waals surface area (Å²) in [4.78, 5) is 13.7. The Kier molecular flexibility index (Phi) is 8.92. The van der Waals surface area contributed by atoms with Crippen molar-refractivity contribution in [1.82, 2.24) is 10.2 Å². The van der Waals surface area contributed by atoms with Crippen molar-refractivity contribution in [3.8, 4) is 0 Å². The average molecular weight is 254 g/mol. The Morgan fingerprint density at radius 2 is 1.61 bits per heavy atom. The predicted molar refractivity (Wildman–Crippen MR) is 76.4 cm³/mol. The van der Waals surface area contributed by atoms with Gasteiger partial charge >= 0.3 is 0 Å². The van der Waals surface area contributed by atoms with Gasteiger partial charge in [0.25, 0.3) is 0 Å². The predicted octanol–water partition coefficient (Wildman–Crippen LogP) is 3.30. The minimum Gasteiger partial charge on any atom is -0.329 e. The summed E-state index contributed by atoms with van der Waals surface area (Å²) in [6.45, 7) is 4.88. The number of nitrogens with zero attached hydrogens (tertiary/aromatic N) is 1. The minimum absolute atomic E-state index is 0.336. The Labute approximate surface area is 112 Å². The molecule has 1 N–H and O–H groups in total. The highest BCUT2D eigenvalue weighted by Gasteiger charge is 2.16. The van der Waals surface area contributed by atoms with Crippen LogP contribution < -0.4 is 5.32 Å². The highest BCUT2D eigenvalue weighted by Crippen LogP contribution is 2.11. The van der Waals surface area contributed by atoms with Gasteiger partial charge in [-0.1, -0.05) is 58.3 Å². The number of amides is 1. The Balaban J connectivity index is 1.82. The van der Waals surface area contributed by atoms with Gasteiger partial charge in [0.2, 0.25) is 5.91 Å². The van der Waals surface area contributed by atoms with Crippen molar-refractivity contribution in [2.24, 2.45) is 0 Å². The maximum atomic E-state index is 11.7. The molecule has 1 saturated heterocycles. The first-order valence-electron chi connectivity index (χ1n) is 7.83. The topological polar surface area (TPSA) is 32.3 Å². The third kappa shape index (κ3) is 7.00. The number of carbonyl (C=O) groups excluding carboxylic acids is 1. The lowest BCUT2D eigenvalue weighted by Crippen LogP contribution is -2.29. The second kappa shape index (κ2) is 10.4. The lowest BCUT2D eigenvalue weighted by Gasteiger charge is -2.13. The van der Waals surface area contributed by atoms with Crippen molar-refractivity contribution >= 4 is 5.91 Å². The Hall–Kier alpha value is -0.570. The highest BCUT2D eigenvalue weighted by molar-refractivity contribution is 5.76. The van der Waals surface area contributed by atoms with Gasteiger partial charge in [0, 0.05) is 19.5 Å². The summed E-state index contributed by atoms with van der Waals surface area (Å²) in [6, 6.07) is 0. The zero-order valence-electron chi connectivity index (χ0n) is 12.0. The number of rotatable bonds is 10. The number of unbranched alkanes of at least 4 members (excludes halogenated alkanes) is 8. The molecule has 1 rings (SSSR count). The molecule has 0 saturated carbocycles. The Bertz CT molecular complexity index is 213. The normalized spacial score (nSPS) is 15.3. The molecule has 1 aliphatic rings. The largest absolute Gasteiger partial charge is 0.329 e. The molecule has 0 spiro atoms. The smallest absolute Gasteiger partial charge is 0.223 e. The van der Waals surface area contributed by atoms with Gasteiger partial charge < -0.3 is 4.90 Å². The van der Waals surface area contributed by atoms with Gasteiger partial charge in [0.05, 0.1) is 6.67 Å². The maximum absolute atomic E-state index is 11.7. The van der Waals surface area contributed by atoms with Crippen molar-refractivity contribution in [3.63, 3.8) is 0 Å². The van der Waals surface area contributed by atoms with E-state index >= 15 is 0 Å². The molecule has 0 aromatic carbocycles. The molecule has 18 heavy (non-hydrogen) atoms. The maximum Gasteiger partial charge on any atom is 0.223 e. The molecular formula is C15H30N2O. The lowest BCUT2D eigenvalue weighted by molar-refractivity contribution is -0.130. The van der Waals surface area contributed by atoms with Crippen LogP contribution in [0.25, 0.3) is 0 Å². The molecule has 0 unspecified atom stereocenters. The molecule has 1 aliphatic heterocycles. The van der Waals surface area contributed by atoms with E-state index in [1.54, 1.807) is 0 Å². The Morgan fingerprint density at radius 3 is 2.17 bits per heavy atom. The second-order valence-electron chi connectivity index (χ2n) is 5.39. The van der Waals surface area contributed by atoms with Crippen LogP contribution in [-0.4, -0.2) is 30.6 Å². The molecule has 1 fully saturated rings. The van der Waals surface area contributed by atoms with Crippen molar-refractivity contribution in [1.29, 1.82) is 0 Å². The van der Waals surface area contributed by atoms with Crippen molar-refractivity contribution < 1.29 is 4.79 Å². The van der Waals surface area contributed by atoms with Gasteiger partial charge in [-0.25, -0.2) is 0 Å². The van der Waals surface area contributed by atoms with Gasteiger partial charge in [0.1, 0.15) is 0 Å². The highest BCUT2D eigenvalue weighted by atomic mass is 16.2. The fourth-order valence-corrected chi connectivity index (χ4v) is 2.46. The molecule has 0 radical (unpaired) electrons. The van der Waals surface area contributed by atoms with Crippen molar-refractivity contribution in [3.05, 3.63) is 0 Å². The van der Waals surface area contributed by atoms with Crippen LogP contribution in [-0.2, 0) is 4.79 Å². The number of nitrogens with one attached hydrogen (secondary N) is 1. The van der Waals surface area contributed by atoms with Gasteiger partial charge in [0.15, 0.2) is 0 Å². The molecule has 3 heteroatoms. The van der Waals surface area contributed by atoms with Crippen molar-refractivity contribution in [2.75, 3.05) is 19.8 Å². The molecule has 0 atom stereocenters. The summed E-state index contributed by atoms with van der Waals surface area (Å²) in [5.41, 5.74) is 0. The third-order valence-corrected chi connectivity index (χ3v) is 3.71. The molecule has 0 aliphatic carbocycles. The number of hydrogen-bond acceptors (Lipinski definition) is 2. The van der Waals surface area contributed by atoms with E-state index in [0.29, 0.717) is 5.91 Å².